The van der Waals surface area contributed by atoms with E-state index in [0.29, 0.717) is 16.4 Å². The number of carbonyl (C=O) groups is 1. The predicted octanol–water partition coefficient (Wildman–Crippen LogP) is 2.21. The van der Waals surface area contributed by atoms with Gasteiger partial charge in [-0.1, -0.05) is 0 Å². The maximum atomic E-state index is 12.2. The molecule has 2 aromatic rings. The van der Waals surface area contributed by atoms with Crippen molar-refractivity contribution in [3.63, 3.8) is 0 Å². The van der Waals surface area contributed by atoms with E-state index in [1.807, 2.05) is 6.92 Å². The van der Waals surface area contributed by atoms with Crippen LogP contribution in [0, 0.1) is 6.92 Å². The summed E-state index contributed by atoms with van der Waals surface area (Å²) in [6.45, 7) is 1.93. The second-order valence-electron chi connectivity index (χ2n) is 4.94. The first-order chi connectivity index (χ1) is 10.5. The standard InChI is InChI=1S/C14H15N3O3S2/c1-7-5-15-14(22-7)17-12(20)10-6-21-13(16-10)9-4-8(18)2-3-11(9)19/h2-5,10,13,16,18-19H,6H2,1H3,(H,15,17,20). The Bertz CT molecular complexity index is 704. The topological polar surface area (TPSA) is 94.5 Å². The van der Waals surface area contributed by atoms with Gasteiger partial charge in [0.2, 0.25) is 5.91 Å². The number of phenolic OH excluding ortho intramolecular Hbond substituents is 2. The minimum absolute atomic E-state index is 0.0846. The van der Waals surface area contributed by atoms with Gasteiger partial charge in [0, 0.05) is 22.4 Å². The summed E-state index contributed by atoms with van der Waals surface area (Å²) in [7, 11) is 0. The first kappa shape index (κ1) is 15.1. The molecule has 6 nitrogen and oxygen atoms in total. The Morgan fingerprint density at radius 1 is 1.45 bits per heavy atom. The van der Waals surface area contributed by atoms with Crippen molar-refractivity contribution in [1.29, 1.82) is 0 Å². The number of benzene rings is 1. The van der Waals surface area contributed by atoms with Gasteiger partial charge >= 0.3 is 0 Å². The second kappa shape index (κ2) is 6.15. The summed E-state index contributed by atoms with van der Waals surface area (Å²) in [5, 5.41) is 25.7. The van der Waals surface area contributed by atoms with Gasteiger partial charge in [-0.15, -0.1) is 23.1 Å². The third kappa shape index (κ3) is 3.18. The summed E-state index contributed by atoms with van der Waals surface area (Å²) in [6, 6.07) is 4.00. The number of thiazole rings is 1. The fourth-order valence-corrected chi connectivity index (χ4v) is 4.09. The summed E-state index contributed by atoms with van der Waals surface area (Å²) in [5.74, 6) is 0.612. The molecule has 1 amide bonds. The van der Waals surface area contributed by atoms with Crippen LogP contribution in [0.5, 0.6) is 11.5 Å². The highest BCUT2D eigenvalue weighted by atomic mass is 32.2. The van der Waals surface area contributed by atoms with Gasteiger partial charge in [-0.25, -0.2) is 4.98 Å². The third-order valence-electron chi connectivity index (χ3n) is 3.24. The molecular weight excluding hydrogens is 322 g/mol. The predicted molar refractivity (Wildman–Crippen MR) is 87.4 cm³/mol. The summed E-state index contributed by atoms with van der Waals surface area (Å²) in [4.78, 5) is 17.4. The molecule has 0 aliphatic carbocycles. The van der Waals surface area contributed by atoms with E-state index in [4.69, 9.17) is 0 Å². The van der Waals surface area contributed by atoms with Gasteiger partial charge in [0.25, 0.3) is 0 Å². The van der Waals surface area contributed by atoms with Crippen molar-refractivity contribution in [2.75, 3.05) is 11.1 Å². The molecular formula is C14H15N3O3S2. The molecule has 8 heteroatoms. The molecule has 0 radical (unpaired) electrons. The van der Waals surface area contributed by atoms with Gasteiger partial charge in [0.15, 0.2) is 5.13 Å². The molecule has 1 saturated heterocycles. The lowest BCUT2D eigenvalue weighted by Gasteiger charge is -2.14. The zero-order chi connectivity index (χ0) is 15.7. The van der Waals surface area contributed by atoms with Crippen LogP contribution in [0.2, 0.25) is 0 Å². The smallest absolute Gasteiger partial charge is 0.244 e. The molecule has 1 aromatic heterocycles. The highest BCUT2D eigenvalue weighted by Crippen LogP contribution is 2.38. The number of rotatable bonds is 3. The molecule has 2 unspecified atom stereocenters. The first-order valence-corrected chi connectivity index (χ1v) is 8.52. The maximum absolute atomic E-state index is 12.2. The number of amides is 1. The summed E-state index contributed by atoms with van der Waals surface area (Å²) in [6.07, 6.45) is 1.71. The molecule has 0 bridgehead atoms. The molecule has 1 aliphatic heterocycles. The SMILES string of the molecule is Cc1cnc(NC(=O)C2CSC(c3cc(O)ccc3O)N2)s1. The Kier molecular flexibility index (Phi) is 4.23. The highest BCUT2D eigenvalue weighted by Gasteiger charge is 2.32. The van der Waals surface area contributed by atoms with E-state index < -0.39 is 0 Å². The third-order valence-corrected chi connectivity index (χ3v) is 5.32. The van der Waals surface area contributed by atoms with E-state index in [1.165, 1.54) is 41.3 Å². The number of aromatic hydroxyl groups is 2. The van der Waals surface area contributed by atoms with Crippen LogP contribution in [-0.2, 0) is 4.79 Å². The minimum Gasteiger partial charge on any atom is -0.508 e. The zero-order valence-corrected chi connectivity index (χ0v) is 13.4. The molecule has 0 spiro atoms. The average molecular weight is 337 g/mol. The normalized spacial score (nSPS) is 21.0. The van der Waals surface area contributed by atoms with E-state index >= 15 is 0 Å². The van der Waals surface area contributed by atoms with Gasteiger partial charge in [0.05, 0.1) is 11.4 Å². The molecule has 1 fully saturated rings. The van der Waals surface area contributed by atoms with Crippen molar-refractivity contribution in [3.05, 3.63) is 34.8 Å². The fraction of sp³-hybridized carbons (Fsp3) is 0.286. The van der Waals surface area contributed by atoms with Gasteiger partial charge in [-0.05, 0) is 25.1 Å². The zero-order valence-electron chi connectivity index (χ0n) is 11.7. The van der Waals surface area contributed by atoms with Crippen LogP contribution in [0.15, 0.2) is 24.4 Å². The Morgan fingerprint density at radius 2 is 2.27 bits per heavy atom. The van der Waals surface area contributed by atoms with Crippen molar-refractivity contribution in [1.82, 2.24) is 10.3 Å². The number of nitrogens with one attached hydrogen (secondary N) is 2. The molecule has 22 heavy (non-hydrogen) atoms. The van der Waals surface area contributed by atoms with E-state index in [0.717, 1.165) is 4.88 Å². The largest absolute Gasteiger partial charge is 0.508 e. The number of anilines is 1. The Balaban J connectivity index is 1.66. The Hall–Kier alpha value is -1.77. The number of nitrogens with zero attached hydrogens (tertiary/aromatic N) is 1. The molecule has 0 saturated carbocycles. The van der Waals surface area contributed by atoms with Crippen LogP contribution in [0.3, 0.4) is 0 Å². The van der Waals surface area contributed by atoms with Gasteiger partial charge in [0.1, 0.15) is 11.5 Å². The Labute approximate surface area is 135 Å². The number of phenols is 2. The van der Waals surface area contributed by atoms with Crippen LogP contribution in [0.1, 0.15) is 15.8 Å². The summed E-state index contributed by atoms with van der Waals surface area (Å²) in [5.41, 5.74) is 0.574. The monoisotopic (exact) mass is 337 g/mol. The average Bonchev–Trinajstić information content (AvgIpc) is 3.11. The van der Waals surface area contributed by atoms with Crippen LogP contribution < -0.4 is 10.6 Å². The molecule has 2 heterocycles. The second-order valence-corrected chi connectivity index (χ2v) is 7.31. The number of hydrogen-bond donors (Lipinski definition) is 4. The number of hydrogen-bond acceptors (Lipinski definition) is 7. The lowest BCUT2D eigenvalue weighted by Crippen LogP contribution is -2.38. The minimum atomic E-state index is -0.374. The van der Waals surface area contributed by atoms with Crippen LogP contribution in [0.4, 0.5) is 5.13 Å². The van der Waals surface area contributed by atoms with Gasteiger partial charge in [-0.2, -0.15) is 0 Å². The lowest BCUT2D eigenvalue weighted by atomic mass is 10.1. The van der Waals surface area contributed by atoms with Crippen LogP contribution in [0.25, 0.3) is 0 Å². The molecule has 1 aliphatic rings. The van der Waals surface area contributed by atoms with Gasteiger partial charge in [-0.3, -0.25) is 10.1 Å². The van der Waals surface area contributed by atoms with Crippen molar-refractivity contribution in [3.8, 4) is 11.5 Å². The Morgan fingerprint density at radius 3 is 3.00 bits per heavy atom. The quantitative estimate of drug-likeness (QED) is 0.642. The molecule has 2 atom stereocenters. The van der Waals surface area contributed by atoms with E-state index in [2.05, 4.69) is 15.6 Å². The molecule has 4 N–H and O–H groups in total. The van der Waals surface area contributed by atoms with Crippen LogP contribution >= 0.6 is 23.1 Å². The number of aromatic nitrogens is 1. The summed E-state index contributed by atoms with van der Waals surface area (Å²) < 4.78 is 0. The number of carbonyl (C=O) groups excluding carboxylic acids is 1. The van der Waals surface area contributed by atoms with Gasteiger partial charge < -0.3 is 15.5 Å². The summed E-state index contributed by atoms with van der Waals surface area (Å²) >= 11 is 2.94. The van der Waals surface area contributed by atoms with E-state index in [9.17, 15) is 15.0 Å². The molecule has 116 valence electrons. The highest BCUT2D eigenvalue weighted by molar-refractivity contribution is 7.99. The molecule has 1 aromatic carbocycles. The fourth-order valence-electron chi connectivity index (χ4n) is 2.16. The lowest BCUT2D eigenvalue weighted by molar-refractivity contribution is -0.117. The number of aryl methyl sites for hydroxylation is 1. The van der Waals surface area contributed by atoms with Crippen molar-refractivity contribution in [2.45, 2.75) is 18.3 Å². The number of thioether (sulfide) groups is 1. The molecule has 3 rings (SSSR count). The maximum Gasteiger partial charge on any atom is 0.244 e. The van der Waals surface area contributed by atoms with Crippen molar-refractivity contribution < 1.29 is 15.0 Å². The van der Waals surface area contributed by atoms with Crippen molar-refractivity contribution in [2.24, 2.45) is 0 Å². The van der Waals surface area contributed by atoms with E-state index in [1.54, 1.807) is 6.20 Å². The van der Waals surface area contributed by atoms with Crippen LogP contribution in [-0.4, -0.2) is 32.9 Å². The van der Waals surface area contributed by atoms with E-state index in [-0.39, 0.29) is 28.8 Å². The first-order valence-electron chi connectivity index (χ1n) is 6.66. The van der Waals surface area contributed by atoms with Crippen molar-refractivity contribution >= 4 is 34.1 Å².